The summed E-state index contributed by atoms with van der Waals surface area (Å²) in [6.45, 7) is 8.35. The van der Waals surface area contributed by atoms with Crippen molar-refractivity contribution in [3.05, 3.63) is 60.3 Å². The van der Waals surface area contributed by atoms with Crippen molar-refractivity contribution >= 4 is 33.4 Å². The van der Waals surface area contributed by atoms with Gasteiger partial charge in [-0.05, 0) is 88.2 Å². The van der Waals surface area contributed by atoms with E-state index >= 15 is 4.39 Å². The van der Waals surface area contributed by atoms with Gasteiger partial charge in [0.1, 0.15) is 35.2 Å². The van der Waals surface area contributed by atoms with Crippen molar-refractivity contribution in [2.75, 3.05) is 37.7 Å². The molecule has 0 unspecified atom stereocenters. The third kappa shape index (κ3) is 5.63. The van der Waals surface area contributed by atoms with Crippen LogP contribution in [0.25, 0.3) is 32.9 Å². The second-order valence-electron chi connectivity index (χ2n) is 13.7. The first-order valence-electron chi connectivity index (χ1n) is 16.8. The molecule has 3 aliphatic rings. The van der Waals surface area contributed by atoms with Crippen LogP contribution in [0, 0.1) is 40.7 Å². The number of amides is 1. The maximum absolute atomic E-state index is 17.0. The Hall–Kier alpha value is -5.33. The number of nitrogens with one attached hydrogen (secondary N) is 1. The Kier molecular flexibility index (Phi) is 8.53. The molecular weight excluding hydrogens is 640 g/mol. The molecule has 3 aliphatic heterocycles. The Balaban J connectivity index is 1.39. The van der Waals surface area contributed by atoms with Crippen molar-refractivity contribution in [1.82, 2.24) is 25.2 Å². The lowest BCUT2D eigenvalue weighted by molar-refractivity contribution is -0.117. The summed E-state index contributed by atoms with van der Waals surface area (Å²) in [6.07, 6.45) is 13.5. The lowest BCUT2D eigenvalue weighted by Gasteiger charge is -2.33. The van der Waals surface area contributed by atoms with Gasteiger partial charge in [0.25, 0.3) is 0 Å². The molecule has 7 rings (SSSR count). The van der Waals surface area contributed by atoms with Crippen LogP contribution in [0.4, 0.5) is 14.6 Å². The van der Waals surface area contributed by atoms with Crippen LogP contribution in [0.15, 0.2) is 43.1 Å². The van der Waals surface area contributed by atoms with Gasteiger partial charge in [0.05, 0.1) is 34.0 Å². The van der Waals surface area contributed by atoms with E-state index in [4.69, 9.17) is 16.1 Å². The van der Waals surface area contributed by atoms with E-state index in [1.54, 1.807) is 0 Å². The molecule has 2 aromatic carbocycles. The Labute approximate surface area is 288 Å². The number of terminal acetylenes is 1. The molecule has 5 heterocycles. The molecule has 0 bridgehead atoms. The minimum atomic E-state index is -0.889. The summed E-state index contributed by atoms with van der Waals surface area (Å²) in [5.41, 5.74) is -1.27. The van der Waals surface area contributed by atoms with Gasteiger partial charge in [-0.3, -0.25) is 14.7 Å². The summed E-state index contributed by atoms with van der Waals surface area (Å²) < 4.78 is 38.3. The van der Waals surface area contributed by atoms with Gasteiger partial charge in [-0.25, -0.2) is 8.78 Å². The second-order valence-corrected chi connectivity index (χ2v) is 13.7. The molecule has 0 aliphatic carbocycles. The van der Waals surface area contributed by atoms with E-state index in [1.165, 1.54) is 30.5 Å². The molecule has 0 spiro atoms. The summed E-state index contributed by atoms with van der Waals surface area (Å²) in [7, 11) is 0. The highest BCUT2D eigenvalue weighted by molar-refractivity contribution is 6.03. The maximum Gasteiger partial charge on any atom is 0.319 e. The van der Waals surface area contributed by atoms with Crippen molar-refractivity contribution in [3.8, 4) is 41.4 Å². The van der Waals surface area contributed by atoms with Crippen LogP contribution >= 0.6 is 0 Å². The van der Waals surface area contributed by atoms with Crippen LogP contribution in [0.5, 0.6) is 11.8 Å². The van der Waals surface area contributed by atoms with Gasteiger partial charge in [0, 0.05) is 30.2 Å². The fraction of sp³-hybridized carbons (Fsp3) is 0.395. The first-order chi connectivity index (χ1) is 24.1. The molecule has 2 N–H and O–H groups in total. The molecule has 3 saturated heterocycles. The third-order valence-electron chi connectivity index (χ3n) is 10.7. The monoisotopic (exact) mass is 677 g/mol. The maximum atomic E-state index is 17.0. The lowest BCUT2D eigenvalue weighted by Crippen LogP contribution is -2.50. The van der Waals surface area contributed by atoms with Gasteiger partial charge in [-0.15, -0.1) is 6.42 Å². The fourth-order valence-corrected chi connectivity index (χ4v) is 8.01. The number of nitrogens with zero attached hydrogens (tertiary/aromatic N) is 6. The predicted molar refractivity (Wildman–Crippen MR) is 185 cm³/mol. The van der Waals surface area contributed by atoms with Crippen LogP contribution in [-0.4, -0.2) is 75.2 Å². The first-order valence-corrected chi connectivity index (χ1v) is 16.8. The average molecular weight is 678 g/mol. The average Bonchev–Trinajstić information content (AvgIpc) is 3.65. The smallest absolute Gasteiger partial charge is 0.319 e. The van der Waals surface area contributed by atoms with Crippen LogP contribution in [0.3, 0.4) is 0 Å². The fourth-order valence-electron chi connectivity index (χ4n) is 8.01. The van der Waals surface area contributed by atoms with Crippen LogP contribution in [0.2, 0.25) is 0 Å². The zero-order valence-electron chi connectivity index (χ0n) is 27.8. The van der Waals surface area contributed by atoms with E-state index < -0.39 is 29.0 Å². The highest BCUT2D eigenvalue weighted by Gasteiger charge is 2.45. The number of phenols is 1. The van der Waals surface area contributed by atoms with E-state index in [-0.39, 0.29) is 57.0 Å². The normalized spacial score (nSPS) is 21.7. The van der Waals surface area contributed by atoms with E-state index in [0.717, 1.165) is 44.8 Å². The molecule has 0 saturated carbocycles. The Morgan fingerprint density at radius 3 is 2.68 bits per heavy atom. The van der Waals surface area contributed by atoms with E-state index in [9.17, 15) is 19.6 Å². The number of benzene rings is 2. The molecule has 2 aromatic heterocycles. The number of carbonyl (C=O) groups excluding carboxylic acids is 1. The number of anilines is 1. The SMILES string of the molecule is C#Cc1c(F)ccc2cc(O)cc(-c3ncc4c(N5CCC[C@@](C)(C#N)[C@H](NC(=O)C=C)C5)nc(OCC56CCCN5CCC6)nc4c3F)c12. The summed E-state index contributed by atoms with van der Waals surface area (Å²) in [5, 5.41) is 24.6. The number of hydrogen-bond donors (Lipinski definition) is 2. The third-order valence-corrected chi connectivity index (χ3v) is 10.7. The van der Waals surface area contributed by atoms with E-state index in [2.05, 4.69) is 38.8 Å². The van der Waals surface area contributed by atoms with Gasteiger partial charge in [-0.2, -0.15) is 15.2 Å². The molecule has 4 aromatic rings. The minimum absolute atomic E-state index is 0.0215. The Bertz CT molecular complexity index is 2120. The first kappa shape index (κ1) is 33.2. The highest BCUT2D eigenvalue weighted by Crippen LogP contribution is 2.42. The number of pyridine rings is 1. The number of aromatic hydroxyl groups is 1. The highest BCUT2D eigenvalue weighted by atomic mass is 19.1. The zero-order chi connectivity index (χ0) is 35.2. The number of halogens is 2. The van der Waals surface area contributed by atoms with Crippen molar-refractivity contribution in [2.45, 2.75) is 57.0 Å². The van der Waals surface area contributed by atoms with Crippen molar-refractivity contribution < 1.29 is 23.4 Å². The lowest BCUT2D eigenvalue weighted by atomic mass is 9.80. The molecule has 50 heavy (non-hydrogen) atoms. The van der Waals surface area contributed by atoms with Gasteiger partial charge in [0.2, 0.25) is 5.91 Å². The predicted octanol–water partition coefficient (Wildman–Crippen LogP) is 5.62. The number of phenolic OH excluding ortho intramolecular Hbond substituents is 1. The van der Waals surface area contributed by atoms with Crippen molar-refractivity contribution in [1.29, 1.82) is 5.26 Å². The molecule has 2 atom stereocenters. The quantitative estimate of drug-likeness (QED) is 0.189. The number of ether oxygens (including phenoxy) is 1. The molecule has 1 amide bonds. The van der Waals surface area contributed by atoms with E-state index in [1.807, 2.05) is 11.8 Å². The Morgan fingerprint density at radius 2 is 1.96 bits per heavy atom. The molecule has 3 fully saturated rings. The summed E-state index contributed by atoms with van der Waals surface area (Å²) in [5.74, 6) is 0.624. The topological polar surface area (TPSA) is 128 Å². The van der Waals surface area contributed by atoms with Crippen LogP contribution in [0.1, 0.15) is 51.0 Å². The number of aromatic nitrogens is 3. The van der Waals surface area contributed by atoms with Gasteiger partial charge in [-0.1, -0.05) is 18.6 Å². The number of rotatable bonds is 7. The summed E-state index contributed by atoms with van der Waals surface area (Å²) in [4.78, 5) is 30.7. The zero-order valence-corrected chi connectivity index (χ0v) is 27.8. The standard InChI is InChI=1S/C38H37F2N7O3/c1-4-25-28(39)10-9-23-17-24(48)18-26(31(23)25)33-32(40)34-27(19-42-33)35(45-36(44-34)50-22-38-12-7-15-47(38)16-8-13-38)46-14-6-11-37(3,21-41)29(20-46)43-30(49)5-2/h1,5,9-10,17-19,29,48H,2,6-8,11-16,20,22H2,3H3,(H,43,49)/t29-,37+/m1/s1. The van der Waals surface area contributed by atoms with Crippen molar-refractivity contribution in [2.24, 2.45) is 5.41 Å². The van der Waals surface area contributed by atoms with Crippen LogP contribution < -0.4 is 15.0 Å². The molecule has 10 nitrogen and oxygen atoms in total. The largest absolute Gasteiger partial charge is 0.508 e. The van der Waals surface area contributed by atoms with Gasteiger partial charge >= 0.3 is 6.01 Å². The summed E-state index contributed by atoms with van der Waals surface area (Å²) >= 11 is 0. The van der Waals surface area contributed by atoms with E-state index in [0.29, 0.717) is 37.2 Å². The van der Waals surface area contributed by atoms with Gasteiger partial charge in [0.15, 0.2) is 5.82 Å². The molecule has 0 radical (unpaired) electrons. The number of hydrogen-bond acceptors (Lipinski definition) is 9. The number of nitriles is 1. The molecule has 256 valence electrons. The minimum Gasteiger partial charge on any atom is -0.508 e. The van der Waals surface area contributed by atoms with Gasteiger partial charge < -0.3 is 20.1 Å². The van der Waals surface area contributed by atoms with Crippen molar-refractivity contribution in [3.63, 3.8) is 0 Å². The summed E-state index contributed by atoms with van der Waals surface area (Å²) in [6, 6.07) is 7.16. The number of carbonyl (C=O) groups is 1. The second kappa shape index (κ2) is 12.8. The number of fused-ring (bicyclic) bond motifs is 3. The Morgan fingerprint density at radius 1 is 1.20 bits per heavy atom. The molecular formula is C38H37F2N7O3. The van der Waals surface area contributed by atoms with Crippen LogP contribution in [-0.2, 0) is 4.79 Å². The molecule has 12 heteroatoms.